The van der Waals surface area contributed by atoms with Gasteiger partial charge in [-0.25, -0.2) is 0 Å². The Hall–Kier alpha value is -8.45. The van der Waals surface area contributed by atoms with Crippen molar-refractivity contribution in [3.05, 3.63) is 206 Å². The number of ether oxygens (including phenoxy) is 3. The van der Waals surface area contributed by atoms with Gasteiger partial charge < -0.3 is 23.3 Å². The predicted octanol–water partition coefficient (Wildman–Crippen LogP) is 7.23. The van der Waals surface area contributed by atoms with Gasteiger partial charge in [-0.05, 0) is 103 Å². The first kappa shape index (κ1) is 35.8. The highest BCUT2D eigenvalue weighted by atomic mass is 28.3. The molecular formula is C60H34B2N2O3Si. The minimum atomic E-state index is -3.22. The highest BCUT2D eigenvalue weighted by Crippen LogP contribution is 2.43. The molecule has 0 bridgehead atoms. The summed E-state index contributed by atoms with van der Waals surface area (Å²) in [5.74, 6) is 5.35. The molecule has 0 saturated heterocycles. The van der Waals surface area contributed by atoms with Crippen molar-refractivity contribution in [2.45, 2.75) is 0 Å². The quantitative estimate of drug-likeness (QED) is 0.172. The van der Waals surface area contributed by atoms with Crippen molar-refractivity contribution in [3.63, 3.8) is 0 Å². The van der Waals surface area contributed by atoms with Gasteiger partial charge in [0.2, 0.25) is 0 Å². The lowest BCUT2D eigenvalue weighted by molar-refractivity contribution is 0.463. The first-order valence-corrected chi connectivity index (χ1v) is 25.6. The second kappa shape index (κ2) is 12.5. The average molecular weight is 881 g/mol. The van der Waals surface area contributed by atoms with Gasteiger partial charge in [-0.3, -0.25) is 0 Å². The van der Waals surface area contributed by atoms with E-state index in [1.165, 1.54) is 69.6 Å². The summed E-state index contributed by atoms with van der Waals surface area (Å²) in [6, 6.07) is 75.9. The summed E-state index contributed by atoms with van der Waals surface area (Å²) in [4.78, 5) is 0. The molecular weight excluding hydrogens is 846 g/mol. The zero-order valence-electron chi connectivity index (χ0n) is 36.4. The minimum absolute atomic E-state index is 0.0438. The Morgan fingerprint density at radius 2 is 0.721 bits per heavy atom. The van der Waals surface area contributed by atoms with Crippen LogP contribution >= 0.6 is 0 Å². The van der Waals surface area contributed by atoms with Crippen LogP contribution in [0.3, 0.4) is 0 Å². The van der Waals surface area contributed by atoms with E-state index >= 15 is 0 Å². The first-order chi connectivity index (χ1) is 33.8. The van der Waals surface area contributed by atoms with E-state index in [0.717, 1.165) is 73.4 Å². The first-order valence-electron chi connectivity index (χ1n) is 23.6. The third-order valence-corrected chi connectivity index (χ3v) is 21.0. The number of nitrogens with zero attached hydrogens (tertiary/aromatic N) is 2. The molecule has 5 aliphatic rings. The molecule has 1 spiro atoms. The highest BCUT2D eigenvalue weighted by Gasteiger charge is 2.60. The Morgan fingerprint density at radius 3 is 1.34 bits per heavy atom. The van der Waals surface area contributed by atoms with Crippen LogP contribution in [0.1, 0.15) is 0 Å². The minimum Gasteiger partial charge on any atom is -0.458 e. The Kier molecular flexibility index (Phi) is 6.57. The summed E-state index contributed by atoms with van der Waals surface area (Å²) >= 11 is 0. The maximum Gasteiger partial charge on any atom is 0.260 e. The molecule has 0 N–H and O–H groups in total. The Bertz CT molecular complexity index is 4180. The number of hydrogen-bond donors (Lipinski definition) is 0. The van der Waals surface area contributed by atoms with Gasteiger partial charge in [-0.1, -0.05) is 151 Å². The molecule has 5 aliphatic heterocycles. The van der Waals surface area contributed by atoms with Crippen molar-refractivity contribution < 1.29 is 14.2 Å². The zero-order chi connectivity index (χ0) is 44.0. The van der Waals surface area contributed by atoms with Crippen LogP contribution in [0, 0.1) is 0 Å². The van der Waals surface area contributed by atoms with Crippen LogP contribution in [-0.2, 0) is 0 Å². The van der Waals surface area contributed by atoms with E-state index in [4.69, 9.17) is 14.2 Å². The molecule has 5 nitrogen and oxygen atoms in total. The molecule has 7 heterocycles. The smallest absolute Gasteiger partial charge is 0.260 e. The summed E-state index contributed by atoms with van der Waals surface area (Å²) < 4.78 is 26.9. The van der Waals surface area contributed by atoms with Gasteiger partial charge in [0.25, 0.3) is 13.4 Å². The van der Waals surface area contributed by atoms with E-state index in [1.54, 1.807) is 0 Å². The van der Waals surface area contributed by atoms with Crippen molar-refractivity contribution in [2.24, 2.45) is 0 Å². The summed E-state index contributed by atoms with van der Waals surface area (Å²) in [6.45, 7) is -0.140. The number of rotatable bonds is 2. The standard InChI is InChI=1S/C60H34B2N2O3Si/c1-7-21-41-35(15-1)36-16-2-8-22-42(36)63(41)45-31-33-50-57-59(45)67-49-27-14-30-53-56(49)62(57)55-48(65-50)26-13-29-52(55)68(53)51-28-12-6-20-40(51)61-39-19-5-11-25-47(39)66-60-46(32-34-54(68)58(60)61)64-43-23-9-3-17-37(43)38-18-4-10-24-44(38)64/h1-34H. The summed E-state index contributed by atoms with van der Waals surface area (Å²) in [5.41, 5.74) is 14.0. The fourth-order valence-corrected chi connectivity index (χ4v) is 19.4. The Labute approximate surface area is 392 Å². The molecule has 10 aromatic carbocycles. The van der Waals surface area contributed by atoms with Gasteiger partial charge in [-0.2, -0.15) is 0 Å². The molecule has 0 radical (unpaired) electrons. The maximum atomic E-state index is 7.48. The molecule has 0 fully saturated rings. The van der Waals surface area contributed by atoms with Gasteiger partial charge in [0.05, 0.1) is 33.4 Å². The summed E-state index contributed by atoms with van der Waals surface area (Å²) in [5, 5.41) is 10.4. The molecule has 2 aromatic heterocycles. The van der Waals surface area contributed by atoms with E-state index in [-0.39, 0.29) is 13.4 Å². The number of hydrogen-bond acceptors (Lipinski definition) is 3. The fraction of sp³-hybridized carbons (Fsp3) is 0. The summed E-state index contributed by atoms with van der Waals surface area (Å²) in [6.07, 6.45) is 0. The van der Waals surface area contributed by atoms with E-state index in [2.05, 4.69) is 215 Å². The lowest BCUT2D eigenvalue weighted by atomic mass is 9.34. The van der Waals surface area contributed by atoms with Crippen LogP contribution in [-0.4, -0.2) is 30.6 Å². The van der Waals surface area contributed by atoms with Crippen molar-refractivity contribution in [3.8, 4) is 45.9 Å². The monoisotopic (exact) mass is 880 g/mol. The second-order valence-corrected chi connectivity index (χ2v) is 22.6. The van der Waals surface area contributed by atoms with Crippen LogP contribution in [0.5, 0.6) is 34.5 Å². The number of para-hydroxylation sites is 5. The topological polar surface area (TPSA) is 37.5 Å². The average Bonchev–Trinajstić information content (AvgIpc) is 3.91. The zero-order valence-corrected chi connectivity index (χ0v) is 37.4. The van der Waals surface area contributed by atoms with E-state index < -0.39 is 8.07 Å². The molecule has 0 amide bonds. The number of benzene rings is 10. The molecule has 0 aliphatic carbocycles. The van der Waals surface area contributed by atoms with Crippen LogP contribution in [0.4, 0.5) is 0 Å². The van der Waals surface area contributed by atoms with Gasteiger partial charge in [-0.15, -0.1) is 0 Å². The molecule has 17 rings (SSSR count). The fourth-order valence-electron chi connectivity index (χ4n) is 13.6. The number of fused-ring (bicyclic) bond motifs is 14. The van der Waals surface area contributed by atoms with E-state index in [1.807, 2.05) is 0 Å². The predicted molar refractivity (Wildman–Crippen MR) is 281 cm³/mol. The Balaban J connectivity index is 0.986. The van der Waals surface area contributed by atoms with E-state index in [9.17, 15) is 0 Å². The third kappa shape index (κ3) is 4.11. The largest absolute Gasteiger partial charge is 0.458 e. The van der Waals surface area contributed by atoms with Gasteiger partial charge in [0.15, 0.2) is 8.07 Å². The molecule has 0 saturated carbocycles. The molecule has 8 heteroatoms. The van der Waals surface area contributed by atoms with Gasteiger partial charge in [0.1, 0.15) is 34.5 Å². The van der Waals surface area contributed by atoms with Crippen LogP contribution in [0.15, 0.2) is 206 Å². The number of aromatic nitrogens is 2. The second-order valence-electron chi connectivity index (χ2n) is 18.9. The molecule has 12 aromatic rings. The SMILES string of the molecule is c1ccc2c(c1)Oc1c(-n3c4ccccc4c4ccccc43)ccc3c1B2c1ccccc1[Si]31c2cccc3c2B2c4c(cccc41)Oc1c(-n4c5ccccc5c5ccccc54)ccc(c12)O3. The highest BCUT2D eigenvalue weighted by molar-refractivity contribution is 7.31. The van der Waals surface area contributed by atoms with Crippen molar-refractivity contribution >= 4 is 119 Å². The maximum absolute atomic E-state index is 7.48. The third-order valence-electron chi connectivity index (χ3n) is 16.0. The Morgan fingerprint density at radius 1 is 0.294 bits per heavy atom. The van der Waals surface area contributed by atoms with Crippen LogP contribution < -0.4 is 67.7 Å². The molecule has 68 heavy (non-hydrogen) atoms. The lowest BCUT2D eigenvalue weighted by Gasteiger charge is -2.50. The lowest BCUT2D eigenvalue weighted by Crippen LogP contribution is -2.93. The van der Waals surface area contributed by atoms with Crippen LogP contribution in [0.2, 0.25) is 0 Å². The van der Waals surface area contributed by atoms with Gasteiger partial charge in [0, 0.05) is 27.0 Å². The molecule has 312 valence electrons. The van der Waals surface area contributed by atoms with Crippen molar-refractivity contribution in [1.82, 2.24) is 9.13 Å². The summed E-state index contributed by atoms with van der Waals surface area (Å²) in [7, 11) is -3.22. The van der Waals surface area contributed by atoms with Gasteiger partial charge >= 0.3 is 0 Å². The van der Waals surface area contributed by atoms with E-state index in [0.29, 0.717) is 0 Å². The molecule has 1 unspecified atom stereocenters. The normalized spacial score (nSPS) is 16.0. The van der Waals surface area contributed by atoms with Crippen molar-refractivity contribution in [2.75, 3.05) is 0 Å². The van der Waals surface area contributed by atoms with Crippen LogP contribution in [0.25, 0.3) is 55.0 Å². The molecule has 1 atom stereocenters. The van der Waals surface area contributed by atoms with Crippen molar-refractivity contribution in [1.29, 1.82) is 0 Å².